The zero-order chi connectivity index (χ0) is 22.5. The minimum atomic E-state index is -1.09. The van der Waals surface area contributed by atoms with Crippen LogP contribution >= 0.6 is 0 Å². The second-order valence-electron chi connectivity index (χ2n) is 7.47. The summed E-state index contributed by atoms with van der Waals surface area (Å²) >= 11 is 0. The molecule has 0 radical (unpaired) electrons. The van der Waals surface area contributed by atoms with Crippen molar-refractivity contribution < 1.29 is 23.8 Å². The van der Waals surface area contributed by atoms with E-state index in [1.807, 2.05) is 37.3 Å². The summed E-state index contributed by atoms with van der Waals surface area (Å²) in [4.78, 5) is 36.0. The number of nitrogens with one attached hydrogen (secondary N) is 1. The maximum absolute atomic E-state index is 12.5. The molecule has 1 aromatic heterocycles. The van der Waals surface area contributed by atoms with Crippen molar-refractivity contribution >= 4 is 22.8 Å². The number of fused-ring (bicyclic) bond motifs is 1. The standard InChI is InChI=1S/C24H25NO6/c1-4-14(2)22(24(28)29)25-23(27)15(3)30-17-10-11-18-19(16-8-6-5-7-9-16)13-21(26)31-20(18)12-17/h5-15,22H,4H2,1-3H3,(H,25,27)(H,28,29)/t14?,15?,22-/m1/s1. The molecule has 1 amide bonds. The lowest BCUT2D eigenvalue weighted by atomic mass is 9.99. The van der Waals surface area contributed by atoms with Crippen molar-refractivity contribution in [3.63, 3.8) is 0 Å². The van der Waals surface area contributed by atoms with Crippen molar-refractivity contribution in [1.29, 1.82) is 0 Å². The summed E-state index contributed by atoms with van der Waals surface area (Å²) in [5.74, 6) is -1.51. The normalized spacial score (nSPS) is 13.9. The Labute approximate surface area is 179 Å². The molecule has 0 aliphatic rings. The number of aliphatic carboxylic acids is 1. The Kier molecular flexibility index (Phi) is 6.74. The van der Waals surface area contributed by atoms with Crippen LogP contribution in [0.4, 0.5) is 0 Å². The van der Waals surface area contributed by atoms with Gasteiger partial charge < -0.3 is 19.6 Å². The summed E-state index contributed by atoms with van der Waals surface area (Å²) in [6.45, 7) is 5.16. The number of rotatable bonds is 8. The highest BCUT2D eigenvalue weighted by Gasteiger charge is 2.28. The molecule has 31 heavy (non-hydrogen) atoms. The molecule has 1 heterocycles. The van der Waals surface area contributed by atoms with Gasteiger partial charge in [0.25, 0.3) is 5.91 Å². The molecular formula is C24H25NO6. The number of carboxylic acids is 1. The molecule has 3 aromatic rings. The van der Waals surface area contributed by atoms with Crippen molar-refractivity contribution in [1.82, 2.24) is 5.32 Å². The van der Waals surface area contributed by atoms with Crippen LogP contribution in [0.2, 0.25) is 0 Å². The Morgan fingerprint density at radius 3 is 2.45 bits per heavy atom. The third kappa shape index (κ3) is 5.12. The molecule has 0 spiro atoms. The van der Waals surface area contributed by atoms with E-state index >= 15 is 0 Å². The molecule has 2 aromatic carbocycles. The molecule has 0 bridgehead atoms. The minimum Gasteiger partial charge on any atom is -0.481 e. The van der Waals surface area contributed by atoms with Gasteiger partial charge >= 0.3 is 11.6 Å². The minimum absolute atomic E-state index is 0.222. The first kappa shape index (κ1) is 22.1. The fourth-order valence-corrected chi connectivity index (χ4v) is 3.28. The first-order chi connectivity index (χ1) is 14.8. The van der Waals surface area contributed by atoms with Crippen LogP contribution in [0.15, 0.2) is 63.8 Å². The predicted molar refractivity (Wildman–Crippen MR) is 117 cm³/mol. The van der Waals surface area contributed by atoms with E-state index in [0.717, 1.165) is 16.5 Å². The van der Waals surface area contributed by atoms with Gasteiger partial charge in [-0.3, -0.25) is 4.79 Å². The summed E-state index contributed by atoms with van der Waals surface area (Å²) in [6.07, 6.45) is -0.327. The highest BCUT2D eigenvalue weighted by Crippen LogP contribution is 2.29. The lowest BCUT2D eigenvalue weighted by molar-refractivity contribution is -0.144. The SMILES string of the molecule is CCC(C)[C@@H](NC(=O)C(C)Oc1ccc2c(-c3ccccc3)cc(=O)oc2c1)C(=O)O. The molecule has 0 fully saturated rings. The summed E-state index contributed by atoms with van der Waals surface area (Å²) < 4.78 is 11.0. The molecule has 0 aliphatic carbocycles. The van der Waals surface area contributed by atoms with Gasteiger partial charge in [-0.25, -0.2) is 9.59 Å². The smallest absolute Gasteiger partial charge is 0.336 e. The molecule has 0 aliphatic heterocycles. The Bertz CT molecular complexity index is 1140. The molecule has 2 unspecified atom stereocenters. The van der Waals surface area contributed by atoms with E-state index in [1.54, 1.807) is 25.1 Å². The predicted octanol–water partition coefficient (Wildman–Crippen LogP) is 3.84. The second kappa shape index (κ2) is 9.47. The molecule has 7 nitrogen and oxygen atoms in total. The van der Waals surface area contributed by atoms with Crippen LogP contribution in [0.5, 0.6) is 5.75 Å². The third-order valence-corrected chi connectivity index (χ3v) is 5.26. The van der Waals surface area contributed by atoms with E-state index < -0.39 is 29.6 Å². The summed E-state index contributed by atoms with van der Waals surface area (Å²) in [7, 11) is 0. The van der Waals surface area contributed by atoms with Gasteiger partial charge in [-0.15, -0.1) is 0 Å². The van der Waals surface area contributed by atoms with Crippen molar-refractivity contribution in [3.8, 4) is 16.9 Å². The first-order valence-corrected chi connectivity index (χ1v) is 10.1. The van der Waals surface area contributed by atoms with Crippen molar-refractivity contribution in [2.75, 3.05) is 0 Å². The lowest BCUT2D eigenvalue weighted by Crippen LogP contribution is -2.49. The van der Waals surface area contributed by atoms with E-state index in [1.165, 1.54) is 13.0 Å². The largest absolute Gasteiger partial charge is 0.481 e. The fourth-order valence-electron chi connectivity index (χ4n) is 3.28. The summed E-state index contributed by atoms with van der Waals surface area (Å²) in [5, 5.41) is 12.6. The van der Waals surface area contributed by atoms with E-state index in [9.17, 15) is 19.5 Å². The van der Waals surface area contributed by atoms with Crippen LogP contribution in [0.1, 0.15) is 27.2 Å². The highest BCUT2D eigenvalue weighted by atomic mass is 16.5. The van der Waals surface area contributed by atoms with Crippen LogP contribution in [0.25, 0.3) is 22.1 Å². The van der Waals surface area contributed by atoms with Crippen LogP contribution in [0.3, 0.4) is 0 Å². The van der Waals surface area contributed by atoms with Crippen LogP contribution in [0, 0.1) is 5.92 Å². The maximum atomic E-state index is 12.5. The van der Waals surface area contributed by atoms with Crippen LogP contribution in [-0.2, 0) is 9.59 Å². The Balaban J connectivity index is 1.83. The van der Waals surface area contributed by atoms with Crippen LogP contribution < -0.4 is 15.7 Å². The zero-order valence-electron chi connectivity index (χ0n) is 17.6. The molecule has 3 rings (SSSR count). The molecule has 3 atom stereocenters. The van der Waals surface area contributed by atoms with Gasteiger partial charge in [-0.2, -0.15) is 0 Å². The average Bonchev–Trinajstić information content (AvgIpc) is 2.76. The second-order valence-corrected chi connectivity index (χ2v) is 7.47. The summed E-state index contributed by atoms with van der Waals surface area (Å²) in [5.41, 5.74) is 1.46. The molecule has 162 valence electrons. The molecule has 2 N–H and O–H groups in total. The van der Waals surface area contributed by atoms with Crippen molar-refractivity contribution in [3.05, 3.63) is 65.0 Å². The van der Waals surface area contributed by atoms with Crippen molar-refractivity contribution in [2.45, 2.75) is 39.3 Å². The number of carboxylic acid groups (broad SMARTS) is 1. The van der Waals surface area contributed by atoms with Gasteiger partial charge in [0.2, 0.25) is 0 Å². The maximum Gasteiger partial charge on any atom is 0.336 e. The van der Waals surface area contributed by atoms with Crippen molar-refractivity contribution in [2.24, 2.45) is 5.92 Å². The lowest BCUT2D eigenvalue weighted by Gasteiger charge is -2.22. The highest BCUT2D eigenvalue weighted by molar-refractivity contribution is 5.94. The van der Waals surface area contributed by atoms with Gasteiger partial charge in [0.1, 0.15) is 17.4 Å². The van der Waals surface area contributed by atoms with Gasteiger partial charge in [-0.05, 0) is 36.1 Å². The average molecular weight is 423 g/mol. The Hall–Kier alpha value is -3.61. The number of carbonyl (C=O) groups excluding carboxylic acids is 1. The van der Waals surface area contributed by atoms with Gasteiger partial charge in [0.05, 0.1) is 0 Å². The van der Waals surface area contributed by atoms with E-state index in [2.05, 4.69) is 5.32 Å². The summed E-state index contributed by atoms with van der Waals surface area (Å²) in [6, 6.07) is 14.9. The molecule has 0 saturated heterocycles. The third-order valence-electron chi connectivity index (χ3n) is 5.26. The van der Waals surface area contributed by atoms with Gasteiger partial charge in [0.15, 0.2) is 6.10 Å². The van der Waals surface area contributed by atoms with Gasteiger partial charge in [0, 0.05) is 17.5 Å². The Morgan fingerprint density at radius 2 is 1.81 bits per heavy atom. The Morgan fingerprint density at radius 1 is 1.10 bits per heavy atom. The topological polar surface area (TPSA) is 106 Å². The molecule has 7 heteroatoms. The molecular weight excluding hydrogens is 398 g/mol. The number of benzene rings is 2. The number of carbonyl (C=O) groups is 2. The first-order valence-electron chi connectivity index (χ1n) is 10.1. The quantitative estimate of drug-likeness (QED) is 0.533. The number of hydrogen-bond acceptors (Lipinski definition) is 5. The fraction of sp³-hybridized carbons (Fsp3) is 0.292. The zero-order valence-corrected chi connectivity index (χ0v) is 17.6. The van der Waals surface area contributed by atoms with E-state index in [-0.39, 0.29) is 5.92 Å². The number of ether oxygens (including phenoxy) is 1. The monoisotopic (exact) mass is 423 g/mol. The number of hydrogen-bond donors (Lipinski definition) is 2. The molecule has 0 saturated carbocycles. The van der Waals surface area contributed by atoms with Gasteiger partial charge in [-0.1, -0.05) is 50.6 Å². The van der Waals surface area contributed by atoms with E-state index in [0.29, 0.717) is 17.8 Å². The number of amides is 1. The van der Waals surface area contributed by atoms with E-state index in [4.69, 9.17) is 9.15 Å². The van der Waals surface area contributed by atoms with Crippen LogP contribution in [-0.4, -0.2) is 29.1 Å².